The summed E-state index contributed by atoms with van der Waals surface area (Å²) in [7, 11) is -3.85. The van der Waals surface area contributed by atoms with Gasteiger partial charge in [-0.05, 0) is 26.0 Å². The van der Waals surface area contributed by atoms with Crippen molar-refractivity contribution in [1.29, 1.82) is 0 Å². The maximum absolute atomic E-state index is 12.0. The molecule has 0 amide bonds. The average molecular weight is 302 g/mol. The van der Waals surface area contributed by atoms with Crippen LogP contribution in [0.5, 0.6) is 0 Å². The first-order chi connectivity index (χ1) is 9.38. The van der Waals surface area contributed by atoms with Crippen LogP contribution in [0.4, 0.5) is 0 Å². The zero-order valence-corrected chi connectivity index (χ0v) is 12.2. The molecule has 7 heteroatoms. The van der Waals surface area contributed by atoms with Crippen molar-refractivity contribution < 1.29 is 27.2 Å². The van der Waals surface area contributed by atoms with E-state index in [0.717, 1.165) is 5.56 Å². The molecule has 6 nitrogen and oxygen atoms in total. The summed E-state index contributed by atoms with van der Waals surface area (Å²) in [4.78, 5) is 0.0812. The van der Waals surface area contributed by atoms with Crippen molar-refractivity contribution in [3.05, 3.63) is 29.8 Å². The molecular formula is C13H18O6S. The van der Waals surface area contributed by atoms with Gasteiger partial charge in [0.25, 0.3) is 10.1 Å². The Morgan fingerprint density at radius 1 is 1.35 bits per heavy atom. The summed E-state index contributed by atoms with van der Waals surface area (Å²) >= 11 is 0. The quantitative estimate of drug-likeness (QED) is 0.829. The number of benzene rings is 1. The standard InChI is InChI=1S/C13H18O6S/c1-9-3-5-11(6-4-9)20(15,16)18-8-13-12(14)7-17-10(2)19-13/h3-6,10,12-14H,7-8H2,1-2H3. The van der Waals surface area contributed by atoms with E-state index >= 15 is 0 Å². The molecular weight excluding hydrogens is 284 g/mol. The molecule has 0 saturated carbocycles. The molecule has 3 unspecified atom stereocenters. The lowest BCUT2D eigenvalue weighted by molar-refractivity contribution is -0.248. The molecule has 1 aliphatic heterocycles. The van der Waals surface area contributed by atoms with Gasteiger partial charge in [-0.3, -0.25) is 4.18 Å². The van der Waals surface area contributed by atoms with Gasteiger partial charge in [0.1, 0.15) is 12.2 Å². The van der Waals surface area contributed by atoms with E-state index in [1.54, 1.807) is 19.1 Å². The SMILES string of the molecule is Cc1ccc(S(=O)(=O)OCC2OC(C)OCC2O)cc1. The molecule has 1 fully saturated rings. The summed E-state index contributed by atoms with van der Waals surface area (Å²) in [5, 5.41) is 9.67. The minimum atomic E-state index is -3.85. The Kier molecular flexibility index (Phi) is 4.77. The average Bonchev–Trinajstić information content (AvgIpc) is 2.40. The van der Waals surface area contributed by atoms with E-state index in [2.05, 4.69) is 0 Å². The van der Waals surface area contributed by atoms with Crippen LogP contribution in [-0.2, 0) is 23.8 Å². The van der Waals surface area contributed by atoms with Crippen LogP contribution in [0.15, 0.2) is 29.2 Å². The number of aliphatic hydroxyl groups is 1. The van der Waals surface area contributed by atoms with Crippen molar-refractivity contribution in [3.8, 4) is 0 Å². The summed E-state index contributed by atoms with van der Waals surface area (Å²) in [6, 6.07) is 6.35. The van der Waals surface area contributed by atoms with E-state index in [4.69, 9.17) is 13.7 Å². The van der Waals surface area contributed by atoms with Gasteiger partial charge < -0.3 is 14.6 Å². The zero-order chi connectivity index (χ0) is 14.8. The molecule has 0 spiro atoms. The molecule has 0 bridgehead atoms. The van der Waals surface area contributed by atoms with Gasteiger partial charge in [-0.15, -0.1) is 0 Å². The molecule has 112 valence electrons. The predicted octanol–water partition coefficient (Wildman–Crippen LogP) is 0.823. The first-order valence-corrected chi connectivity index (χ1v) is 7.70. The Labute approximate surface area is 118 Å². The van der Waals surface area contributed by atoms with Crippen LogP contribution in [0.25, 0.3) is 0 Å². The van der Waals surface area contributed by atoms with E-state index in [0.29, 0.717) is 0 Å². The molecule has 20 heavy (non-hydrogen) atoms. The van der Waals surface area contributed by atoms with Crippen LogP contribution in [-0.4, -0.2) is 45.2 Å². The number of hydrogen-bond acceptors (Lipinski definition) is 6. The van der Waals surface area contributed by atoms with Crippen molar-refractivity contribution in [1.82, 2.24) is 0 Å². The molecule has 0 radical (unpaired) electrons. The van der Waals surface area contributed by atoms with E-state index in [-0.39, 0.29) is 18.1 Å². The minimum absolute atomic E-state index is 0.0812. The smallest absolute Gasteiger partial charge is 0.297 e. The van der Waals surface area contributed by atoms with Gasteiger partial charge in [-0.1, -0.05) is 17.7 Å². The van der Waals surface area contributed by atoms with Crippen molar-refractivity contribution in [3.63, 3.8) is 0 Å². The second-order valence-electron chi connectivity index (χ2n) is 4.69. The molecule has 0 aromatic heterocycles. The van der Waals surface area contributed by atoms with Crippen LogP contribution < -0.4 is 0 Å². The normalized spacial score (nSPS) is 27.4. The molecule has 2 rings (SSSR count). The lowest BCUT2D eigenvalue weighted by Gasteiger charge is -2.31. The van der Waals surface area contributed by atoms with Crippen molar-refractivity contribution in [2.24, 2.45) is 0 Å². The number of aliphatic hydroxyl groups excluding tert-OH is 1. The van der Waals surface area contributed by atoms with Gasteiger partial charge in [0.15, 0.2) is 6.29 Å². The van der Waals surface area contributed by atoms with Crippen LogP contribution in [0, 0.1) is 6.92 Å². The van der Waals surface area contributed by atoms with Crippen molar-refractivity contribution >= 4 is 10.1 Å². The highest BCUT2D eigenvalue weighted by molar-refractivity contribution is 7.86. The minimum Gasteiger partial charge on any atom is -0.388 e. The second kappa shape index (κ2) is 6.19. The van der Waals surface area contributed by atoms with Gasteiger partial charge in [0.2, 0.25) is 0 Å². The second-order valence-corrected chi connectivity index (χ2v) is 6.31. The molecule has 1 saturated heterocycles. The Morgan fingerprint density at radius 3 is 2.65 bits per heavy atom. The van der Waals surface area contributed by atoms with Crippen LogP contribution in [0.2, 0.25) is 0 Å². The largest absolute Gasteiger partial charge is 0.388 e. The Morgan fingerprint density at radius 2 is 2.00 bits per heavy atom. The summed E-state index contributed by atoms with van der Waals surface area (Å²) < 4.78 is 39.3. The third-order valence-electron chi connectivity index (χ3n) is 2.99. The van der Waals surface area contributed by atoms with Gasteiger partial charge in [-0.25, -0.2) is 0 Å². The first-order valence-electron chi connectivity index (χ1n) is 6.30. The zero-order valence-electron chi connectivity index (χ0n) is 11.4. The Bertz CT molecular complexity index is 538. The highest BCUT2D eigenvalue weighted by atomic mass is 32.2. The van der Waals surface area contributed by atoms with Gasteiger partial charge >= 0.3 is 0 Å². The molecule has 1 aromatic rings. The summed E-state index contributed by atoms with van der Waals surface area (Å²) in [6.07, 6.45) is -2.12. The monoisotopic (exact) mass is 302 g/mol. The highest BCUT2D eigenvalue weighted by Gasteiger charge is 2.30. The molecule has 1 heterocycles. The number of ether oxygens (including phenoxy) is 2. The van der Waals surface area contributed by atoms with Crippen LogP contribution >= 0.6 is 0 Å². The Balaban J connectivity index is 2.00. The van der Waals surface area contributed by atoms with Gasteiger partial charge in [0, 0.05) is 0 Å². The highest BCUT2D eigenvalue weighted by Crippen LogP contribution is 2.17. The van der Waals surface area contributed by atoms with E-state index in [1.807, 2.05) is 6.92 Å². The fourth-order valence-electron chi connectivity index (χ4n) is 1.80. The van der Waals surface area contributed by atoms with Gasteiger partial charge in [0.05, 0.1) is 18.1 Å². The third kappa shape index (κ3) is 3.77. The molecule has 3 atom stereocenters. The third-order valence-corrected chi connectivity index (χ3v) is 4.29. The van der Waals surface area contributed by atoms with Crippen LogP contribution in [0.3, 0.4) is 0 Å². The maximum Gasteiger partial charge on any atom is 0.297 e. The number of aryl methyl sites for hydroxylation is 1. The maximum atomic E-state index is 12.0. The predicted molar refractivity (Wildman–Crippen MR) is 70.6 cm³/mol. The summed E-state index contributed by atoms with van der Waals surface area (Å²) in [5.74, 6) is 0. The molecule has 1 aliphatic rings. The van der Waals surface area contributed by atoms with Crippen molar-refractivity contribution in [2.45, 2.75) is 37.2 Å². The lowest BCUT2D eigenvalue weighted by Crippen LogP contribution is -2.45. The number of rotatable bonds is 4. The number of hydrogen-bond donors (Lipinski definition) is 1. The molecule has 1 aromatic carbocycles. The summed E-state index contributed by atoms with van der Waals surface area (Å²) in [5.41, 5.74) is 0.959. The first kappa shape index (κ1) is 15.4. The Hall–Kier alpha value is -0.990. The van der Waals surface area contributed by atoms with Gasteiger partial charge in [-0.2, -0.15) is 8.42 Å². The van der Waals surface area contributed by atoms with Crippen LogP contribution in [0.1, 0.15) is 12.5 Å². The fourth-order valence-corrected chi connectivity index (χ4v) is 2.72. The van der Waals surface area contributed by atoms with Crippen molar-refractivity contribution in [2.75, 3.05) is 13.2 Å². The molecule has 0 aliphatic carbocycles. The topological polar surface area (TPSA) is 82.1 Å². The lowest BCUT2D eigenvalue weighted by atomic mass is 10.2. The van der Waals surface area contributed by atoms with E-state index in [1.165, 1.54) is 12.1 Å². The fraction of sp³-hybridized carbons (Fsp3) is 0.538. The van der Waals surface area contributed by atoms with E-state index < -0.39 is 28.6 Å². The molecule has 1 N–H and O–H groups in total. The van der Waals surface area contributed by atoms with E-state index in [9.17, 15) is 13.5 Å². The summed E-state index contributed by atoms with van der Waals surface area (Å²) in [6.45, 7) is 3.39.